The Kier molecular flexibility index (Phi) is 6.21. The van der Waals surface area contributed by atoms with E-state index in [0.717, 1.165) is 22.4 Å². The second-order valence-electron chi connectivity index (χ2n) is 7.06. The van der Waals surface area contributed by atoms with Crippen molar-refractivity contribution in [2.45, 2.75) is 13.5 Å². The van der Waals surface area contributed by atoms with Crippen LogP contribution < -0.4 is 14.4 Å². The highest BCUT2D eigenvalue weighted by molar-refractivity contribution is 6.36. The van der Waals surface area contributed by atoms with E-state index < -0.39 is 0 Å². The molecule has 4 nitrogen and oxygen atoms in total. The Morgan fingerprint density at radius 2 is 1.81 bits per heavy atom. The van der Waals surface area contributed by atoms with Crippen molar-refractivity contribution in [2.75, 3.05) is 18.6 Å². The fraction of sp³-hybridized carbons (Fsp3) is 0.160. The number of rotatable bonds is 6. The van der Waals surface area contributed by atoms with Crippen LogP contribution in [0.25, 0.3) is 11.6 Å². The molecule has 0 aliphatic carbocycles. The van der Waals surface area contributed by atoms with Crippen LogP contribution in [0, 0.1) is 0 Å². The first kappa shape index (κ1) is 21.3. The molecule has 3 aromatic carbocycles. The van der Waals surface area contributed by atoms with E-state index in [9.17, 15) is 4.79 Å². The lowest BCUT2D eigenvalue weighted by atomic mass is 10.0. The van der Waals surface area contributed by atoms with E-state index in [2.05, 4.69) is 0 Å². The molecule has 0 aromatic heterocycles. The smallest absolute Gasteiger partial charge is 0.258 e. The molecule has 0 radical (unpaired) electrons. The first-order valence-electron chi connectivity index (χ1n) is 9.89. The van der Waals surface area contributed by atoms with Gasteiger partial charge in [0.05, 0.1) is 12.8 Å². The average Bonchev–Trinajstić information content (AvgIpc) is 3.04. The highest BCUT2D eigenvalue weighted by atomic mass is 35.5. The summed E-state index contributed by atoms with van der Waals surface area (Å²) in [5, 5.41) is 1.13. The number of anilines is 1. The third-order valence-corrected chi connectivity index (χ3v) is 5.76. The number of para-hydroxylation sites is 1. The van der Waals surface area contributed by atoms with Crippen LogP contribution in [0.1, 0.15) is 23.6 Å². The van der Waals surface area contributed by atoms with Crippen molar-refractivity contribution in [3.63, 3.8) is 0 Å². The summed E-state index contributed by atoms with van der Waals surface area (Å²) in [5.74, 6) is 1.16. The second-order valence-corrected chi connectivity index (χ2v) is 7.90. The van der Waals surface area contributed by atoms with Crippen molar-refractivity contribution in [1.82, 2.24) is 0 Å². The minimum absolute atomic E-state index is 0.000346. The summed E-state index contributed by atoms with van der Waals surface area (Å²) in [6.07, 6.45) is 1.89. The first-order valence-corrected chi connectivity index (χ1v) is 10.6. The summed E-state index contributed by atoms with van der Waals surface area (Å²) in [6.45, 7) is 2.88. The molecule has 3 aromatic rings. The molecule has 4 rings (SSSR count). The number of methoxy groups -OCH3 is 1. The maximum atomic E-state index is 12.9. The van der Waals surface area contributed by atoms with Gasteiger partial charge >= 0.3 is 0 Å². The van der Waals surface area contributed by atoms with Gasteiger partial charge in [0.15, 0.2) is 11.5 Å². The fourth-order valence-corrected chi connectivity index (χ4v) is 4.08. The van der Waals surface area contributed by atoms with Crippen LogP contribution >= 0.6 is 23.2 Å². The zero-order valence-electron chi connectivity index (χ0n) is 17.2. The van der Waals surface area contributed by atoms with E-state index in [-0.39, 0.29) is 12.5 Å². The predicted molar refractivity (Wildman–Crippen MR) is 126 cm³/mol. The lowest BCUT2D eigenvalue weighted by molar-refractivity contribution is -0.112. The Balaban J connectivity index is 1.60. The van der Waals surface area contributed by atoms with Crippen molar-refractivity contribution < 1.29 is 14.3 Å². The highest BCUT2D eigenvalue weighted by Gasteiger charge is 2.30. The van der Waals surface area contributed by atoms with E-state index >= 15 is 0 Å². The lowest BCUT2D eigenvalue weighted by Gasteiger charge is -2.13. The number of halogens is 2. The molecule has 1 heterocycles. The molecule has 0 saturated carbocycles. The summed E-state index contributed by atoms with van der Waals surface area (Å²) < 4.78 is 11.4. The first-order chi connectivity index (χ1) is 15.0. The summed E-state index contributed by atoms with van der Waals surface area (Å²) in [7, 11) is 1.59. The molecule has 31 heavy (non-hydrogen) atoms. The molecule has 0 unspecified atom stereocenters. The van der Waals surface area contributed by atoms with Crippen LogP contribution in [0.2, 0.25) is 10.0 Å². The average molecular weight is 454 g/mol. The Bertz CT molecular complexity index is 1170. The van der Waals surface area contributed by atoms with Crippen LogP contribution in [0.5, 0.6) is 11.5 Å². The van der Waals surface area contributed by atoms with Gasteiger partial charge in [-0.2, -0.15) is 0 Å². The number of benzene rings is 3. The Morgan fingerprint density at radius 3 is 2.55 bits per heavy atom. The third-order valence-electron chi connectivity index (χ3n) is 5.17. The van der Waals surface area contributed by atoms with Crippen LogP contribution in [0.15, 0.2) is 60.7 Å². The van der Waals surface area contributed by atoms with Crippen LogP contribution in [0.4, 0.5) is 5.69 Å². The second kappa shape index (κ2) is 9.04. The standard InChI is InChI=1S/C25H21Cl2NO3/c1-3-28-22-7-5-4-6-19(22)20(25(28)29)12-16-8-11-23(24(13-16)30-2)31-15-17-9-10-18(26)14-21(17)27/h4-14H,3,15H2,1-2H3/b20-12-. The highest BCUT2D eigenvalue weighted by Crippen LogP contribution is 2.38. The van der Waals surface area contributed by atoms with E-state index in [1.165, 1.54) is 0 Å². The monoisotopic (exact) mass is 453 g/mol. The Labute approximate surface area is 191 Å². The number of hydrogen-bond acceptors (Lipinski definition) is 3. The van der Waals surface area contributed by atoms with Gasteiger partial charge < -0.3 is 14.4 Å². The molecular formula is C25H21Cl2NO3. The topological polar surface area (TPSA) is 38.8 Å². The van der Waals surface area contributed by atoms with Gasteiger partial charge in [-0.1, -0.05) is 53.5 Å². The minimum atomic E-state index is 0.000346. The number of nitrogens with zero attached hydrogens (tertiary/aromatic N) is 1. The van der Waals surface area contributed by atoms with Gasteiger partial charge in [0.2, 0.25) is 0 Å². The van der Waals surface area contributed by atoms with Gasteiger partial charge in [-0.3, -0.25) is 4.79 Å². The number of fused-ring (bicyclic) bond motifs is 1. The van der Waals surface area contributed by atoms with E-state index in [1.54, 1.807) is 24.1 Å². The fourth-order valence-electron chi connectivity index (χ4n) is 3.61. The molecule has 0 atom stereocenters. The van der Waals surface area contributed by atoms with Crippen molar-refractivity contribution >= 4 is 46.4 Å². The normalized spacial score (nSPS) is 14.1. The zero-order chi connectivity index (χ0) is 22.0. The zero-order valence-corrected chi connectivity index (χ0v) is 18.7. The molecule has 1 aliphatic rings. The summed E-state index contributed by atoms with van der Waals surface area (Å²) >= 11 is 12.2. The number of hydrogen-bond donors (Lipinski definition) is 0. The summed E-state index contributed by atoms with van der Waals surface area (Å²) in [6, 6.07) is 18.7. The van der Waals surface area contributed by atoms with Crippen molar-refractivity contribution in [1.29, 1.82) is 0 Å². The molecule has 0 spiro atoms. The number of amides is 1. The number of ether oxygens (including phenoxy) is 2. The van der Waals surface area contributed by atoms with Crippen LogP contribution in [-0.2, 0) is 11.4 Å². The van der Waals surface area contributed by atoms with Crippen molar-refractivity contribution in [2.24, 2.45) is 0 Å². The maximum Gasteiger partial charge on any atom is 0.258 e. The molecule has 0 bridgehead atoms. The quantitative estimate of drug-likeness (QED) is 0.400. The molecular weight excluding hydrogens is 433 g/mol. The molecule has 1 amide bonds. The summed E-state index contributed by atoms with van der Waals surface area (Å²) in [5.41, 5.74) is 4.22. The molecule has 6 heteroatoms. The third kappa shape index (κ3) is 4.27. The van der Waals surface area contributed by atoms with E-state index in [0.29, 0.717) is 33.7 Å². The van der Waals surface area contributed by atoms with Gasteiger partial charge in [0.25, 0.3) is 5.91 Å². The van der Waals surface area contributed by atoms with Gasteiger partial charge in [0, 0.05) is 33.3 Å². The molecule has 158 valence electrons. The molecule has 0 N–H and O–H groups in total. The molecule has 1 aliphatic heterocycles. The van der Waals surface area contributed by atoms with Crippen molar-refractivity contribution in [3.05, 3.63) is 87.4 Å². The van der Waals surface area contributed by atoms with Gasteiger partial charge in [0.1, 0.15) is 6.61 Å². The Hall–Kier alpha value is -2.95. The Morgan fingerprint density at radius 1 is 1.00 bits per heavy atom. The van der Waals surface area contributed by atoms with Gasteiger partial charge in [-0.25, -0.2) is 0 Å². The number of likely N-dealkylation sites (N-methyl/N-ethyl adjacent to an activating group) is 1. The van der Waals surface area contributed by atoms with Crippen molar-refractivity contribution in [3.8, 4) is 11.5 Å². The van der Waals surface area contributed by atoms with Crippen LogP contribution in [0.3, 0.4) is 0 Å². The van der Waals surface area contributed by atoms with Gasteiger partial charge in [-0.05, 0) is 48.9 Å². The lowest BCUT2D eigenvalue weighted by Crippen LogP contribution is -2.25. The number of carbonyl (C=O) groups excluding carboxylic acids is 1. The SMILES string of the molecule is CCN1C(=O)/C(=C\c2ccc(OCc3ccc(Cl)cc3Cl)c(OC)c2)c2ccccc21. The van der Waals surface area contributed by atoms with Crippen LogP contribution in [-0.4, -0.2) is 19.6 Å². The number of carbonyl (C=O) groups is 1. The minimum Gasteiger partial charge on any atom is -0.493 e. The predicted octanol–water partition coefficient (Wildman–Crippen LogP) is 6.49. The molecule has 0 saturated heterocycles. The van der Waals surface area contributed by atoms with E-state index in [1.807, 2.05) is 61.5 Å². The van der Waals surface area contributed by atoms with Gasteiger partial charge in [-0.15, -0.1) is 0 Å². The molecule has 0 fully saturated rings. The summed E-state index contributed by atoms with van der Waals surface area (Å²) in [4.78, 5) is 14.7. The van der Waals surface area contributed by atoms with E-state index in [4.69, 9.17) is 32.7 Å². The largest absolute Gasteiger partial charge is 0.493 e. The maximum absolute atomic E-state index is 12.9.